The third-order valence-electron chi connectivity index (χ3n) is 5.09. The van der Waals surface area contributed by atoms with Crippen LogP contribution in [0.3, 0.4) is 0 Å². The van der Waals surface area contributed by atoms with Gasteiger partial charge >= 0.3 is 0 Å². The van der Waals surface area contributed by atoms with Crippen molar-refractivity contribution in [3.63, 3.8) is 0 Å². The molecule has 1 unspecified atom stereocenters. The highest BCUT2D eigenvalue weighted by molar-refractivity contribution is 5.80. The van der Waals surface area contributed by atoms with Crippen LogP contribution in [0.1, 0.15) is 26.7 Å². The van der Waals surface area contributed by atoms with E-state index in [1.165, 1.54) is 0 Å². The van der Waals surface area contributed by atoms with Crippen LogP contribution in [0.5, 0.6) is 0 Å². The van der Waals surface area contributed by atoms with E-state index >= 15 is 0 Å². The Morgan fingerprint density at radius 2 is 2.04 bits per heavy atom. The Morgan fingerprint density at radius 1 is 1.28 bits per heavy atom. The standard InChI is InChI=1S/C18H29N5O2/c1-14(2)12-21-6-8-22(9-7-21)18(25)15-4-3-5-23(13-15)16-10-17(24)20-19-11-16/h10-11,14-15H,3-9,12-13H2,1-2H3,(H,20,24). The molecule has 2 saturated heterocycles. The summed E-state index contributed by atoms with van der Waals surface area (Å²) in [6.07, 6.45) is 3.56. The van der Waals surface area contributed by atoms with Gasteiger partial charge in [0, 0.05) is 51.9 Å². The molecule has 2 aliphatic heterocycles. The van der Waals surface area contributed by atoms with Crippen molar-refractivity contribution in [2.24, 2.45) is 11.8 Å². The number of H-pyrrole nitrogens is 1. The molecule has 3 heterocycles. The molecule has 0 radical (unpaired) electrons. The second kappa shape index (κ2) is 7.99. The van der Waals surface area contributed by atoms with E-state index in [4.69, 9.17) is 0 Å². The zero-order valence-corrected chi connectivity index (χ0v) is 15.3. The van der Waals surface area contributed by atoms with Crippen LogP contribution >= 0.6 is 0 Å². The largest absolute Gasteiger partial charge is 0.369 e. The number of carbonyl (C=O) groups excluding carboxylic acids is 1. The number of aromatic nitrogens is 2. The molecule has 0 saturated carbocycles. The number of piperidine rings is 1. The van der Waals surface area contributed by atoms with Crippen molar-refractivity contribution in [1.82, 2.24) is 20.0 Å². The Bertz CT molecular complexity index is 636. The molecule has 7 nitrogen and oxygen atoms in total. The van der Waals surface area contributed by atoms with Crippen LogP contribution in [0.2, 0.25) is 0 Å². The molecular weight excluding hydrogens is 318 g/mol. The summed E-state index contributed by atoms with van der Waals surface area (Å²) in [4.78, 5) is 31.0. The maximum Gasteiger partial charge on any atom is 0.266 e. The summed E-state index contributed by atoms with van der Waals surface area (Å²) in [7, 11) is 0. The number of nitrogens with zero attached hydrogens (tertiary/aromatic N) is 4. The summed E-state index contributed by atoms with van der Waals surface area (Å²) < 4.78 is 0. The monoisotopic (exact) mass is 347 g/mol. The van der Waals surface area contributed by atoms with Crippen LogP contribution in [0.25, 0.3) is 0 Å². The van der Waals surface area contributed by atoms with E-state index < -0.39 is 0 Å². The Balaban J connectivity index is 1.56. The number of aromatic amines is 1. The molecule has 1 N–H and O–H groups in total. The van der Waals surface area contributed by atoms with E-state index in [-0.39, 0.29) is 17.4 Å². The van der Waals surface area contributed by atoms with E-state index in [0.717, 1.165) is 57.8 Å². The van der Waals surface area contributed by atoms with Crippen LogP contribution in [0, 0.1) is 11.8 Å². The lowest BCUT2D eigenvalue weighted by atomic mass is 9.96. The molecule has 0 spiro atoms. The van der Waals surface area contributed by atoms with Crippen molar-refractivity contribution in [2.45, 2.75) is 26.7 Å². The molecule has 138 valence electrons. The van der Waals surface area contributed by atoms with E-state index in [2.05, 4.69) is 33.8 Å². The minimum absolute atomic E-state index is 0.0182. The number of hydrogen-bond donors (Lipinski definition) is 1. The molecule has 0 aliphatic carbocycles. The first kappa shape index (κ1) is 17.9. The van der Waals surface area contributed by atoms with Crippen molar-refractivity contribution in [3.05, 3.63) is 22.6 Å². The molecule has 2 aliphatic rings. The highest BCUT2D eigenvalue weighted by Crippen LogP contribution is 2.23. The second-order valence-corrected chi connectivity index (χ2v) is 7.61. The third-order valence-corrected chi connectivity index (χ3v) is 5.09. The maximum atomic E-state index is 12.9. The lowest BCUT2D eigenvalue weighted by Gasteiger charge is -2.39. The van der Waals surface area contributed by atoms with Crippen molar-refractivity contribution >= 4 is 11.6 Å². The number of amides is 1. The first-order valence-electron chi connectivity index (χ1n) is 9.34. The van der Waals surface area contributed by atoms with Crippen LogP contribution in [0.4, 0.5) is 5.69 Å². The fourth-order valence-electron chi connectivity index (χ4n) is 3.88. The van der Waals surface area contributed by atoms with Gasteiger partial charge in [-0.2, -0.15) is 5.10 Å². The van der Waals surface area contributed by atoms with Gasteiger partial charge in [-0.3, -0.25) is 14.5 Å². The van der Waals surface area contributed by atoms with Gasteiger partial charge < -0.3 is 9.80 Å². The highest BCUT2D eigenvalue weighted by atomic mass is 16.2. The van der Waals surface area contributed by atoms with Crippen LogP contribution in [-0.4, -0.2) is 71.7 Å². The van der Waals surface area contributed by atoms with Gasteiger partial charge in [0.05, 0.1) is 17.8 Å². The maximum absolute atomic E-state index is 12.9. The summed E-state index contributed by atoms with van der Waals surface area (Å²) in [6.45, 7) is 10.7. The van der Waals surface area contributed by atoms with Crippen molar-refractivity contribution in [3.8, 4) is 0 Å². The first-order chi connectivity index (χ1) is 12.0. The highest BCUT2D eigenvalue weighted by Gasteiger charge is 2.31. The quantitative estimate of drug-likeness (QED) is 0.872. The van der Waals surface area contributed by atoms with E-state index in [0.29, 0.717) is 12.5 Å². The molecular formula is C18H29N5O2. The zero-order chi connectivity index (χ0) is 17.8. The van der Waals surface area contributed by atoms with E-state index in [1.807, 2.05) is 4.90 Å². The van der Waals surface area contributed by atoms with Gasteiger partial charge in [0.2, 0.25) is 5.91 Å². The van der Waals surface area contributed by atoms with E-state index in [9.17, 15) is 9.59 Å². The zero-order valence-electron chi connectivity index (χ0n) is 15.3. The predicted octanol–water partition coefficient (Wildman–Crippen LogP) is 0.787. The summed E-state index contributed by atoms with van der Waals surface area (Å²) in [6, 6.07) is 1.56. The molecule has 7 heteroatoms. The van der Waals surface area contributed by atoms with Crippen molar-refractivity contribution in [2.75, 3.05) is 50.7 Å². The number of carbonyl (C=O) groups is 1. The van der Waals surface area contributed by atoms with Gasteiger partial charge in [0.15, 0.2) is 0 Å². The summed E-state index contributed by atoms with van der Waals surface area (Å²) in [5.74, 6) is 0.952. The van der Waals surface area contributed by atoms with Crippen molar-refractivity contribution in [1.29, 1.82) is 0 Å². The van der Waals surface area contributed by atoms with Crippen LogP contribution in [-0.2, 0) is 4.79 Å². The van der Waals surface area contributed by atoms with Crippen molar-refractivity contribution < 1.29 is 4.79 Å². The summed E-state index contributed by atoms with van der Waals surface area (Å²) in [5.41, 5.74) is 0.607. The normalized spacial score (nSPS) is 22.4. The minimum Gasteiger partial charge on any atom is -0.369 e. The fraction of sp³-hybridized carbons (Fsp3) is 0.722. The minimum atomic E-state index is -0.202. The summed E-state index contributed by atoms with van der Waals surface area (Å²) in [5, 5.41) is 6.27. The molecule has 2 fully saturated rings. The molecule has 0 bridgehead atoms. The SMILES string of the molecule is CC(C)CN1CCN(C(=O)C2CCCN(c3cn[nH]c(=O)c3)C2)CC1. The van der Waals surface area contributed by atoms with Crippen LogP contribution in [0.15, 0.2) is 17.1 Å². The van der Waals surface area contributed by atoms with Gasteiger partial charge in [-0.05, 0) is 18.8 Å². The van der Waals surface area contributed by atoms with Gasteiger partial charge in [0.1, 0.15) is 0 Å². The molecule has 0 aromatic carbocycles. The van der Waals surface area contributed by atoms with Gasteiger partial charge in [0.25, 0.3) is 5.56 Å². The molecule has 1 atom stereocenters. The predicted molar refractivity (Wildman–Crippen MR) is 97.7 cm³/mol. The Hall–Kier alpha value is -1.89. The average Bonchev–Trinajstić information content (AvgIpc) is 2.61. The molecule has 1 amide bonds. The Kier molecular flexibility index (Phi) is 5.73. The molecule has 25 heavy (non-hydrogen) atoms. The van der Waals surface area contributed by atoms with Gasteiger partial charge in [-0.1, -0.05) is 13.8 Å². The number of nitrogens with one attached hydrogen (secondary N) is 1. The number of rotatable bonds is 4. The van der Waals surface area contributed by atoms with Crippen LogP contribution < -0.4 is 10.5 Å². The molecule has 1 aromatic heterocycles. The van der Waals surface area contributed by atoms with Gasteiger partial charge in [-0.15, -0.1) is 0 Å². The lowest BCUT2D eigenvalue weighted by molar-refractivity contribution is -0.137. The Labute approximate surface area is 149 Å². The fourth-order valence-corrected chi connectivity index (χ4v) is 3.88. The third kappa shape index (κ3) is 4.60. The lowest BCUT2D eigenvalue weighted by Crippen LogP contribution is -2.53. The second-order valence-electron chi connectivity index (χ2n) is 7.61. The smallest absolute Gasteiger partial charge is 0.266 e. The Morgan fingerprint density at radius 3 is 2.72 bits per heavy atom. The average molecular weight is 347 g/mol. The molecule has 3 rings (SSSR count). The molecule has 1 aromatic rings. The van der Waals surface area contributed by atoms with Gasteiger partial charge in [-0.25, -0.2) is 5.10 Å². The number of anilines is 1. The number of hydrogen-bond acceptors (Lipinski definition) is 5. The first-order valence-corrected chi connectivity index (χ1v) is 9.34. The summed E-state index contributed by atoms with van der Waals surface area (Å²) >= 11 is 0. The topological polar surface area (TPSA) is 72.5 Å². The van der Waals surface area contributed by atoms with E-state index in [1.54, 1.807) is 12.3 Å². The number of piperazine rings is 1.